The Bertz CT molecular complexity index is 1140. The lowest BCUT2D eigenvalue weighted by Crippen LogP contribution is -2.24. The number of anilines is 2. The molecular weight excluding hydrogens is 452 g/mol. The van der Waals surface area contributed by atoms with Crippen LogP contribution in [0.2, 0.25) is 5.02 Å². The number of nitrogens with one attached hydrogen (secondary N) is 1. The van der Waals surface area contributed by atoms with Gasteiger partial charge in [0.25, 0.3) is 5.22 Å². The number of carbonyl (C=O) groups is 2. The molecule has 1 aliphatic rings. The van der Waals surface area contributed by atoms with Gasteiger partial charge in [-0.2, -0.15) is 0 Å². The lowest BCUT2D eigenvalue weighted by atomic mass is 10.1. The molecule has 1 fully saturated rings. The second-order valence-corrected chi connectivity index (χ2v) is 8.67. The van der Waals surface area contributed by atoms with Crippen LogP contribution in [0.15, 0.2) is 52.1 Å². The van der Waals surface area contributed by atoms with Crippen molar-refractivity contribution in [2.24, 2.45) is 0 Å². The van der Waals surface area contributed by atoms with E-state index in [1.807, 2.05) is 31.2 Å². The van der Waals surface area contributed by atoms with Crippen LogP contribution < -0.4 is 15.0 Å². The topological polar surface area (TPSA) is 97.6 Å². The number of aryl methyl sites for hydroxylation is 1. The number of methoxy groups -OCH3 is 1. The Hall–Kier alpha value is -3.04. The number of amides is 2. The van der Waals surface area contributed by atoms with Crippen molar-refractivity contribution in [2.45, 2.75) is 24.5 Å². The van der Waals surface area contributed by atoms with E-state index in [4.69, 9.17) is 20.8 Å². The molecule has 0 bridgehead atoms. The van der Waals surface area contributed by atoms with Crippen molar-refractivity contribution in [1.29, 1.82) is 0 Å². The summed E-state index contributed by atoms with van der Waals surface area (Å²) >= 11 is 7.34. The third-order valence-corrected chi connectivity index (χ3v) is 6.12. The van der Waals surface area contributed by atoms with Gasteiger partial charge in [0.15, 0.2) is 0 Å². The van der Waals surface area contributed by atoms with Crippen LogP contribution in [-0.2, 0) is 9.59 Å². The summed E-state index contributed by atoms with van der Waals surface area (Å²) in [5, 5.41) is 11.6. The van der Waals surface area contributed by atoms with Crippen molar-refractivity contribution in [2.75, 3.05) is 29.6 Å². The smallest absolute Gasteiger partial charge is 0.277 e. The Morgan fingerprint density at radius 3 is 2.78 bits per heavy atom. The maximum atomic E-state index is 12.5. The van der Waals surface area contributed by atoms with Crippen molar-refractivity contribution >= 4 is 46.6 Å². The standard InChI is InChI=1S/C22H21ClN4O4S/c1-13-3-5-15(6-4-13)24-19(28)12-32-22-26-25-21(31-22)14-9-20(29)27(11-14)16-7-8-18(30-2)17(23)10-16/h3-8,10,14H,9,11-12H2,1-2H3,(H,24,28). The van der Waals surface area contributed by atoms with Gasteiger partial charge in [-0.25, -0.2) is 0 Å². The molecule has 166 valence electrons. The summed E-state index contributed by atoms with van der Waals surface area (Å²) in [7, 11) is 1.54. The summed E-state index contributed by atoms with van der Waals surface area (Å²) in [4.78, 5) is 26.3. The molecule has 2 heterocycles. The number of rotatable bonds is 7. The van der Waals surface area contributed by atoms with Crippen molar-refractivity contribution in [1.82, 2.24) is 10.2 Å². The van der Waals surface area contributed by atoms with Gasteiger partial charge in [0.05, 0.1) is 23.8 Å². The first-order chi connectivity index (χ1) is 15.4. The highest BCUT2D eigenvalue weighted by Crippen LogP contribution is 2.35. The molecule has 1 saturated heterocycles. The molecule has 3 aromatic rings. The van der Waals surface area contributed by atoms with Gasteiger partial charge in [0.1, 0.15) is 5.75 Å². The number of aromatic nitrogens is 2. The van der Waals surface area contributed by atoms with E-state index >= 15 is 0 Å². The lowest BCUT2D eigenvalue weighted by Gasteiger charge is -2.17. The van der Waals surface area contributed by atoms with E-state index in [2.05, 4.69) is 15.5 Å². The number of benzene rings is 2. The van der Waals surface area contributed by atoms with E-state index < -0.39 is 0 Å². The number of thioether (sulfide) groups is 1. The van der Waals surface area contributed by atoms with E-state index in [0.29, 0.717) is 28.9 Å². The molecule has 1 aliphatic heterocycles. The van der Waals surface area contributed by atoms with Crippen molar-refractivity contribution in [3.63, 3.8) is 0 Å². The molecule has 8 nitrogen and oxygen atoms in total. The summed E-state index contributed by atoms with van der Waals surface area (Å²) in [6.45, 7) is 2.39. The van der Waals surface area contributed by atoms with Gasteiger partial charge in [0, 0.05) is 24.3 Å². The zero-order valence-electron chi connectivity index (χ0n) is 17.5. The molecule has 1 unspecified atom stereocenters. The summed E-state index contributed by atoms with van der Waals surface area (Å²) in [6, 6.07) is 12.8. The predicted octanol–water partition coefficient (Wildman–Crippen LogP) is 4.29. The number of hydrogen-bond donors (Lipinski definition) is 1. The van der Waals surface area contributed by atoms with Gasteiger partial charge in [-0.3, -0.25) is 9.59 Å². The normalized spacial score (nSPS) is 15.8. The van der Waals surface area contributed by atoms with Crippen LogP contribution >= 0.6 is 23.4 Å². The highest BCUT2D eigenvalue weighted by atomic mass is 35.5. The molecule has 4 rings (SSSR count). The average Bonchev–Trinajstić information content (AvgIpc) is 3.40. The van der Waals surface area contributed by atoms with E-state index in [1.54, 1.807) is 23.1 Å². The minimum atomic E-state index is -0.230. The predicted molar refractivity (Wildman–Crippen MR) is 123 cm³/mol. The molecule has 0 saturated carbocycles. The first kappa shape index (κ1) is 22.2. The molecule has 1 N–H and O–H groups in total. The van der Waals surface area contributed by atoms with Crippen LogP contribution in [0.5, 0.6) is 5.75 Å². The van der Waals surface area contributed by atoms with Gasteiger partial charge in [0.2, 0.25) is 17.7 Å². The zero-order chi connectivity index (χ0) is 22.7. The maximum Gasteiger partial charge on any atom is 0.277 e. The molecule has 0 radical (unpaired) electrons. The fourth-order valence-electron chi connectivity index (χ4n) is 3.35. The summed E-state index contributed by atoms with van der Waals surface area (Å²) in [5.41, 5.74) is 2.54. The summed E-state index contributed by atoms with van der Waals surface area (Å²) < 4.78 is 10.9. The largest absolute Gasteiger partial charge is 0.495 e. The molecule has 0 aliphatic carbocycles. The Morgan fingerprint density at radius 2 is 2.06 bits per heavy atom. The first-order valence-corrected chi connectivity index (χ1v) is 11.3. The molecule has 1 atom stereocenters. The molecule has 0 spiro atoms. The van der Waals surface area contributed by atoms with E-state index in [9.17, 15) is 9.59 Å². The fourth-order valence-corrected chi connectivity index (χ4v) is 4.17. The van der Waals surface area contributed by atoms with Gasteiger partial charge in [-0.1, -0.05) is 41.1 Å². The van der Waals surface area contributed by atoms with Crippen LogP contribution in [0.1, 0.15) is 23.8 Å². The molecule has 1 aromatic heterocycles. The fraction of sp³-hybridized carbons (Fsp3) is 0.273. The highest BCUT2D eigenvalue weighted by Gasteiger charge is 2.35. The van der Waals surface area contributed by atoms with Crippen LogP contribution in [0.4, 0.5) is 11.4 Å². The number of carbonyl (C=O) groups excluding carboxylic acids is 2. The number of hydrogen-bond acceptors (Lipinski definition) is 7. The van der Waals surface area contributed by atoms with Crippen molar-refractivity contribution in [3.05, 3.63) is 58.9 Å². The maximum absolute atomic E-state index is 12.5. The zero-order valence-corrected chi connectivity index (χ0v) is 19.1. The van der Waals surface area contributed by atoms with Crippen molar-refractivity contribution < 1.29 is 18.7 Å². The Morgan fingerprint density at radius 1 is 1.28 bits per heavy atom. The third kappa shape index (κ3) is 5.05. The quantitative estimate of drug-likeness (QED) is 0.512. The van der Waals surface area contributed by atoms with Crippen molar-refractivity contribution in [3.8, 4) is 5.75 Å². The van der Waals surface area contributed by atoms with Crippen LogP contribution in [-0.4, -0.2) is 41.4 Å². The molecular formula is C22H21ClN4O4S. The highest BCUT2D eigenvalue weighted by molar-refractivity contribution is 7.99. The van der Waals surface area contributed by atoms with Gasteiger partial charge >= 0.3 is 0 Å². The van der Waals surface area contributed by atoms with E-state index in [1.165, 1.54) is 7.11 Å². The molecule has 2 aromatic carbocycles. The van der Waals surface area contributed by atoms with Crippen LogP contribution in [0, 0.1) is 6.92 Å². The van der Waals surface area contributed by atoms with E-state index in [0.717, 1.165) is 23.0 Å². The SMILES string of the molecule is COc1ccc(N2CC(c3nnc(SCC(=O)Nc4ccc(C)cc4)o3)CC2=O)cc1Cl. The average molecular weight is 473 g/mol. The lowest BCUT2D eigenvalue weighted by molar-refractivity contribution is -0.117. The third-order valence-electron chi connectivity index (χ3n) is 5.01. The second kappa shape index (κ2) is 9.62. The number of ether oxygens (including phenoxy) is 1. The number of nitrogens with zero attached hydrogens (tertiary/aromatic N) is 3. The number of halogens is 1. The minimum absolute atomic E-state index is 0.0545. The summed E-state index contributed by atoms with van der Waals surface area (Å²) in [6.07, 6.45) is 0.254. The van der Waals surface area contributed by atoms with Crippen LogP contribution in [0.3, 0.4) is 0 Å². The van der Waals surface area contributed by atoms with Gasteiger partial charge in [-0.05, 0) is 37.3 Å². The minimum Gasteiger partial charge on any atom is -0.495 e. The molecule has 2 amide bonds. The monoisotopic (exact) mass is 472 g/mol. The van der Waals surface area contributed by atoms with E-state index in [-0.39, 0.29) is 35.1 Å². The molecule has 32 heavy (non-hydrogen) atoms. The second-order valence-electron chi connectivity index (χ2n) is 7.33. The summed E-state index contributed by atoms with van der Waals surface area (Å²) in [5.74, 6) is 0.602. The van der Waals surface area contributed by atoms with Crippen LogP contribution in [0.25, 0.3) is 0 Å². The van der Waals surface area contributed by atoms with Gasteiger partial charge < -0.3 is 19.4 Å². The van der Waals surface area contributed by atoms with Gasteiger partial charge in [-0.15, -0.1) is 10.2 Å². The molecule has 10 heteroatoms. The Balaban J connectivity index is 1.34. The first-order valence-electron chi connectivity index (χ1n) is 9.89. The Kier molecular flexibility index (Phi) is 6.66. The Labute approximate surface area is 194 Å².